The lowest BCUT2D eigenvalue weighted by Crippen LogP contribution is -2.22. The molecule has 0 fully saturated rings. The highest BCUT2D eigenvalue weighted by Gasteiger charge is 2.16. The Morgan fingerprint density at radius 3 is 2.56 bits per heavy atom. The van der Waals surface area contributed by atoms with E-state index in [9.17, 15) is 9.59 Å². The van der Waals surface area contributed by atoms with Crippen LogP contribution < -0.4 is 15.6 Å². The summed E-state index contributed by atoms with van der Waals surface area (Å²) in [6.45, 7) is 4.55. The molecule has 0 aliphatic rings. The van der Waals surface area contributed by atoms with Crippen LogP contribution >= 0.6 is 11.8 Å². The zero-order valence-corrected chi connectivity index (χ0v) is 18.6. The van der Waals surface area contributed by atoms with Crippen LogP contribution in [0.15, 0.2) is 64.7 Å². The quantitative estimate of drug-likeness (QED) is 0.313. The molecular formula is C23H23N5O3S. The number of aromatic amines is 1. The number of hydrogen-bond donors (Lipinski definition) is 2. The number of benzene rings is 2. The van der Waals surface area contributed by atoms with Crippen LogP contribution in [0.25, 0.3) is 16.7 Å². The molecule has 0 saturated heterocycles. The van der Waals surface area contributed by atoms with Gasteiger partial charge in [0.05, 0.1) is 24.2 Å². The van der Waals surface area contributed by atoms with Crippen LogP contribution in [0, 0.1) is 0 Å². The minimum atomic E-state index is -0.258. The van der Waals surface area contributed by atoms with E-state index in [-0.39, 0.29) is 17.2 Å². The monoisotopic (exact) mass is 449 g/mol. The molecule has 0 aliphatic carbocycles. The highest BCUT2D eigenvalue weighted by atomic mass is 32.2. The summed E-state index contributed by atoms with van der Waals surface area (Å²) in [4.78, 5) is 30.2. The molecule has 9 heteroatoms. The van der Waals surface area contributed by atoms with Crippen LogP contribution in [0.5, 0.6) is 5.75 Å². The molecule has 4 aromatic rings. The number of fused-ring (bicyclic) bond motifs is 1. The Morgan fingerprint density at radius 2 is 1.88 bits per heavy atom. The fraction of sp³-hybridized carbons (Fsp3) is 0.217. The van der Waals surface area contributed by atoms with Crippen molar-refractivity contribution in [1.29, 1.82) is 0 Å². The van der Waals surface area contributed by atoms with E-state index in [1.807, 2.05) is 31.2 Å². The number of thioether (sulfide) groups is 1. The zero-order valence-electron chi connectivity index (χ0n) is 17.8. The number of amides is 1. The molecule has 0 radical (unpaired) electrons. The minimum Gasteiger partial charge on any atom is -0.494 e. The van der Waals surface area contributed by atoms with Gasteiger partial charge in [0.25, 0.3) is 5.56 Å². The summed E-state index contributed by atoms with van der Waals surface area (Å²) < 4.78 is 6.98. The van der Waals surface area contributed by atoms with E-state index in [2.05, 4.69) is 27.4 Å². The second kappa shape index (κ2) is 9.69. The number of H-pyrrole nitrogens is 1. The summed E-state index contributed by atoms with van der Waals surface area (Å²) in [6, 6.07) is 14.9. The number of carbonyl (C=O) groups excluding carboxylic acids is 1. The highest BCUT2D eigenvalue weighted by Crippen LogP contribution is 2.22. The van der Waals surface area contributed by atoms with Crippen LogP contribution in [-0.2, 0) is 11.2 Å². The number of ether oxygens (including phenoxy) is 1. The van der Waals surface area contributed by atoms with Crippen molar-refractivity contribution in [1.82, 2.24) is 19.7 Å². The molecule has 8 nitrogen and oxygen atoms in total. The van der Waals surface area contributed by atoms with Gasteiger partial charge in [-0.25, -0.2) is 4.98 Å². The Morgan fingerprint density at radius 1 is 1.12 bits per heavy atom. The van der Waals surface area contributed by atoms with Crippen molar-refractivity contribution < 1.29 is 9.53 Å². The summed E-state index contributed by atoms with van der Waals surface area (Å²) in [7, 11) is 0. The Balaban J connectivity index is 1.59. The molecule has 0 saturated carbocycles. The Labute approximate surface area is 189 Å². The van der Waals surface area contributed by atoms with Crippen LogP contribution in [0.3, 0.4) is 0 Å². The van der Waals surface area contributed by atoms with Crippen molar-refractivity contribution in [2.45, 2.75) is 25.4 Å². The van der Waals surface area contributed by atoms with Gasteiger partial charge in [-0.05, 0) is 55.3 Å². The van der Waals surface area contributed by atoms with Gasteiger partial charge in [0.1, 0.15) is 11.1 Å². The smallest absolute Gasteiger partial charge is 0.269 e. The number of rotatable bonds is 8. The molecule has 2 heterocycles. The summed E-state index contributed by atoms with van der Waals surface area (Å²) >= 11 is 1.18. The van der Waals surface area contributed by atoms with Crippen molar-refractivity contribution in [2.75, 3.05) is 17.7 Å². The number of anilines is 1. The molecule has 0 aliphatic heterocycles. The molecule has 0 atom stereocenters. The maximum Gasteiger partial charge on any atom is 0.269 e. The second-order valence-electron chi connectivity index (χ2n) is 6.98. The van der Waals surface area contributed by atoms with Gasteiger partial charge >= 0.3 is 0 Å². The third kappa shape index (κ3) is 4.67. The molecule has 1 amide bonds. The summed E-state index contributed by atoms with van der Waals surface area (Å²) in [6.07, 6.45) is 2.39. The average Bonchev–Trinajstić information content (AvgIpc) is 3.28. The molecule has 4 rings (SSSR count). The van der Waals surface area contributed by atoms with Crippen LogP contribution in [0.2, 0.25) is 0 Å². The summed E-state index contributed by atoms with van der Waals surface area (Å²) in [5.41, 5.74) is 2.69. The number of nitrogens with zero attached hydrogens (tertiary/aromatic N) is 3. The largest absolute Gasteiger partial charge is 0.494 e. The maximum atomic E-state index is 13.1. The zero-order chi connectivity index (χ0) is 22.5. The molecule has 2 aromatic carbocycles. The highest BCUT2D eigenvalue weighted by molar-refractivity contribution is 7.99. The summed E-state index contributed by atoms with van der Waals surface area (Å²) in [5.74, 6) is 0.624. The number of aromatic nitrogens is 4. The van der Waals surface area contributed by atoms with E-state index in [1.165, 1.54) is 28.1 Å². The fourth-order valence-corrected chi connectivity index (χ4v) is 4.01. The SMILES string of the molecule is CCOc1ccc(-n2c(SCC(=O)Nc3ccc(CC)cc3)nc3[nH]ncc3c2=O)cc1. The van der Waals surface area contributed by atoms with E-state index in [4.69, 9.17) is 4.74 Å². The van der Waals surface area contributed by atoms with Gasteiger partial charge in [0.15, 0.2) is 10.8 Å². The van der Waals surface area contributed by atoms with Crippen LogP contribution in [-0.4, -0.2) is 38.0 Å². The first-order valence-corrected chi connectivity index (χ1v) is 11.3. The summed E-state index contributed by atoms with van der Waals surface area (Å²) in [5, 5.41) is 10.3. The van der Waals surface area contributed by atoms with E-state index in [0.717, 1.165) is 12.1 Å². The molecule has 0 bridgehead atoms. The van der Waals surface area contributed by atoms with Crippen molar-refractivity contribution in [3.8, 4) is 11.4 Å². The first-order chi connectivity index (χ1) is 15.6. The van der Waals surface area contributed by atoms with E-state index in [0.29, 0.717) is 34.2 Å². The standard InChI is InChI=1S/C23H23N5O3S/c1-3-15-5-7-16(8-6-15)25-20(29)14-32-23-26-21-19(13-24-27-21)22(30)28(23)17-9-11-18(12-10-17)31-4-2/h5-13H,3-4,14H2,1-2H3,(H,24,27)(H,25,29). The van der Waals surface area contributed by atoms with Gasteiger partial charge in [0, 0.05) is 5.69 Å². The lowest BCUT2D eigenvalue weighted by molar-refractivity contribution is -0.113. The Kier molecular flexibility index (Phi) is 6.55. The van der Waals surface area contributed by atoms with Gasteiger partial charge in [-0.15, -0.1) is 0 Å². The maximum absolute atomic E-state index is 13.1. The first-order valence-electron chi connectivity index (χ1n) is 10.3. The van der Waals surface area contributed by atoms with E-state index >= 15 is 0 Å². The third-order valence-corrected chi connectivity index (χ3v) is 5.77. The minimum absolute atomic E-state index is 0.0959. The van der Waals surface area contributed by atoms with Gasteiger partial charge < -0.3 is 10.1 Å². The van der Waals surface area contributed by atoms with Gasteiger partial charge in [0.2, 0.25) is 5.91 Å². The lowest BCUT2D eigenvalue weighted by atomic mass is 10.1. The Hall–Kier alpha value is -3.59. The third-order valence-electron chi connectivity index (χ3n) is 4.84. The van der Waals surface area contributed by atoms with Crippen LogP contribution in [0.4, 0.5) is 5.69 Å². The van der Waals surface area contributed by atoms with Gasteiger partial charge in [-0.1, -0.05) is 30.8 Å². The van der Waals surface area contributed by atoms with Crippen molar-refractivity contribution in [2.24, 2.45) is 0 Å². The molecule has 0 unspecified atom stereocenters. The molecule has 2 aromatic heterocycles. The molecule has 0 spiro atoms. The van der Waals surface area contributed by atoms with Crippen LogP contribution in [0.1, 0.15) is 19.4 Å². The number of nitrogens with one attached hydrogen (secondary N) is 2. The van der Waals surface area contributed by atoms with Gasteiger partial charge in [-0.2, -0.15) is 5.10 Å². The predicted octanol–water partition coefficient (Wildman–Crippen LogP) is 3.80. The normalized spacial score (nSPS) is 10.9. The number of carbonyl (C=O) groups is 1. The molecule has 2 N–H and O–H groups in total. The second-order valence-corrected chi connectivity index (χ2v) is 7.92. The van der Waals surface area contributed by atoms with E-state index in [1.54, 1.807) is 24.3 Å². The first kappa shape index (κ1) is 21.6. The number of hydrogen-bond acceptors (Lipinski definition) is 6. The van der Waals surface area contributed by atoms with Gasteiger partial charge in [-0.3, -0.25) is 19.3 Å². The Bertz CT molecular complexity index is 1280. The lowest BCUT2D eigenvalue weighted by Gasteiger charge is -2.13. The molecule has 164 valence electrons. The van der Waals surface area contributed by atoms with E-state index < -0.39 is 0 Å². The molecular weight excluding hydrogens is 426 g/mol. The topological polar surface area (TPSA) is 102 Å². The average molecular weight is 450 g/mol. The predicted molar refractivity (Wildman–Crippen MR) is 126 cm³/mol. The number of aryl methyl sites for hydroxylation is 1. The fourth-order valence-electron chi connectivity index (χ4n) is 3.21. The van der Waals surface area contributed by atoms with Crippen molar-refractivity contribution >= 4 is 34.4 Å². The van der Waals surface area contributed by atoms with Crippen molar-refractivity contribution in [3.63, 3.8) is 0 Å². The van der Waals surface area contributed by atoms with Crippen molar-refractivity contribution in [3.05, 3.63) is 70.6 Å². The molecule has 32 heavy (non-hydrogen) atoms.